The van der Waals surface area contributed by atoms with Gasteiger partial charge in [-0.25, -0.2) is 10.4 Å². The second-order valence-corrected chi connectivity index (χ2v) is 5.80. The Bertz CT molecular complexity index is 828. The van der Waals surface area contributed by atoms with E-state index in [9.17, 15) is 9.59 Å². The van der Waals surface area contributed by atoms with E-state index in [1.54, 1.807) is 42.8 Å². The number of para-hydroxylation sites is 1. The van der Waals surface area contributed by atoms with Crippen LogP contribution in [0.2, 0.25) is 0 Å². The van der Waals surface area contributed by atoms with Crippen LogP contribution in [0.5, 0.6) is 5.75 Å². The summed E-state index contributed by atoms with van der Waals surface area (Å²) in [6.07, 6.45) is 3.30. The fourth-order valence-electron chi connectivity index (χ4n) is 2.06. The van der Waals surface area contributed by atoms with Crippen molar-refractivity contribution < 1.29 is 14.3 Å². The molecule has 3 rings (SSSR count). The number of hydrogen-bond acceptors (Lipinski definition) is 6. The first-order valence-corrected chi connectivity index (χ1v) is 7.99. The van der Waals surface area contributed by atoms with Gasteiger partial charge < -0.3 is 4.74 Å². The third kappa shape index (κ3) is 3.66. The minimum Gasteiger partial charge on any atom is -0.483 e. The molecule has 1 aliphatic heterocycles. The summed E-state index contributed by atoms with van der Waals surface area (Å²) in [6.45, 7) is 1.59. The number of nitrogens with zero attached hydrogens (tertiary/aromatic N) is 2. The second-order valence-electron chi connectivity index (χ2n) is 4.91. The smallest absolute Gasteiger partial charge is 0.273 e. The first-order chi connectivity index (χ1) is 11.6. The molecule has 2 heterocycles. The quantitative estimate of drug-likeness (QED) is 0.813. The second kappa shape index (κ2) is 7.05. The lowest BCUT2D eigenvalue weighted by molar-refractivity contribution is -0.118. The maximum atomic E-state index is 11.9. The first kappa shape index (κ1) is 15.9. The van der Waals surface area contributed by atoms with Crippen molar-refractivity contribution in [1.29, 1.82) is 0 Å². The molecule has 0 unspecified atom stereocenters. The fourth-order valence-corrected chi connectivity index (χ4v) is 2.61. The highest BCUT2D eigenvalue weighted by molar-refractivity contribution is 7.13. The summed E-state index contributed by atoms with van der Waals surface area (Å²) in [5.41, 5.74) is 4.18. The molecule has 0 saturated heterocycles. The summed E-state index contributed by atoms with van der Waals surface area (Å²) in [4.78, 5) is 27.6. The number of anilines is 1. The lowest BCUT2D eigenvalue weighted by atomic mass is 10.1. The van der Waals surface area contributed by atoms with Gasteiger partial charge in [-0.05, 0) is 19.1 Å². The summed E-state index contributed by atoms with van der Waals surface area (Å²) in [7, 11) is 0. The normalized spacial score (nSPS) is 15.1. The van der Waals surface area contributed by atoms with Crippen molar-refractivity contribution in [2.75, 3.05) is 11.9 Å². The minimum absolute atomic E-state index is 0.154. The molecule has 1 aliphatic rings. The minimum atomic E-state index is -0.302. The molecule has 1 aromatic heterocycles. The van der Waals surface area contributed by atoms with Crippen LogP contribution in [0.3, 0.4) is 0 Å². The van der Waals surface area contributed by atoms with Crippen molar-refractivity contribution in [3.63, 3.8) is 0 Å². The van der Waals surface area contributed by atoms with E-state index in [0.29, 0.717) is 27.7 Å². The number of hydrazone groups is 1. The number of rotatable bonds is 5. The third-order valence-corrected chi connectivity index (χ3v) is 3.90. The van der Waals surface area contributed by atoms with Gasteiger partial charge in [0.2, 0.25) is 0 Å². The van der Waals surface area contributed by atoms with Crippen molar-refractivity contribution >= 4 is 40.1 Å². The largest absolute Gasteiger partial charge is 0.483 e. The lowest BCUT2D eigenvalue weighted by Gasteiger charge is -2.09. The van der Waals surface area contributed by atoms with Crippen LogP contribution in [0, 0.1) is 0 Å². The van der Waals surface area contributed by atoms with Crippen molar-refractivity contribution in [1.82, 2.24) is 10.4 Å². The zero-order chi connectivity index (χ0) is 16.9. The number of benzene rings is 1. The molecule has 122 valence electrons. The predicted molar refractivity (Wildman–Crippen MR) is 91.9 cm³/mol. The highest BCUT2D eigenvalue weighted by atomic mass is 32.1. The molecule has 0 atom stereocenters. The molecule has 24 heavy (non-hydrogen) atoms. The first-order valence-electron chi connectivity index (χ1n) is 7.11. The van der Waals surface area contributed by atoms with Gasteiger partial charge in [0, 0.05) is 17.1 Å². The molecule has 2 amide bonds. The van der Waals surface area contributed by atoms with Gasteiger partial charge in [0.15, 0.2) is 11.7 Å². The maximum absolute atomic E-state index is 11.9. The van der Waals surface area contributed by atoms with Crippen LogP contribution < -0.4 is 15.5 Å². The van der Waals surface area contributed by atoms with E-state index in [1.165, 1.54) is 11.3 Å². The molecule has 0 spiro atoms. The standard InChI is InChI=1S/C16H14N4O3S/c1-10-12(15(22)20-19-10)8-11-4-2-3-5-13(11)23-9-14(21)18-16-17-6-7-24-16/h2-8H,9H2,1H3,(H,20,22)(H,17,18,21). The fraction of sp³-hybridized carbons (Fsp3) is 0.125. The Morgan fingerprint density at radius 3 is 2.96 bits per heavy atom. The van der Waals surface area contributed by atoms with Crippen molar-refractivity contribution in [3.05, 3.63) is 47.0 Å². The van der Waals surface area contributed by atoms with Gasteiger partial charge in [0.25, 0.3) is 11.8 Å². The number of aromatic nitrogens is 1. The van der Waals surface area contributed by atoms with E-state index in [1.807, 2.05) is 6.07 Å². The van der Waals surface area contributed by atoms with Crippen molar-refractivity contribution in [2.24, 2.45) is 5.10 Å². The highest BCUT2D eigenvalue weighted by Crippen LogP contribution is 2.22. The van der Waals surface area contributed by atoms with Crippen LogP contribution in [0.25, 0.3) is 6.08 Å². The number of carbonyl (C=O) groups is 2. The number of thiazole rings is 1. The molecule has 1 aromatic carbocycles. The Kier molecular flexibility index (Phi) is 4.66. The molecule has 0 fully saturated rings. The highest BCUT2D eigenvalue weighted by Gasteiger charge is 2.19. The van der Waals surface area contributed by atoms with Gasteiger partial charge >= 0.3 is 0 Å². The molecule has 0 bridgehead atoms. The molecule has 7 nitrogen and oxygen atoms in total. The third-order valence-electron chi connectivity index (χ3n) is 3.22. The van der Waals surface area contributed by atoms with Gasteiger partial charge in [0.05, 0.1) is 11.3 Å². The summed E-state index contributed by atoms with van der Waals surface area (Å²) in [5, 5.41) is 8.82. The zero-order valence-corrected chi connectivity index (χ0v) is 13.6. The van der Waals surface area contributed by atoms with Crippen LogP contribution in [0.15, 0.2) is 46.5 Å². The van der Waals surface area contributed by atoms with Gasteiger partial charge in [-0.2, -0.15) is 5.10 Å². The topological polar surface area (TPSA) is 92.7 Å². The number of amides is 2. The molecular formula is C16H14N4O3S. The molecule has 2 aromatic rings. The van der Waals surface area contributed by atoms with E-state index in [-0.39, 0.29) is 18.4 Å². The van der Waals surface area contributed by atoms with Crippen LogP contribution in [0.1, 0.15) is 12.5 Å². The average Bonchev–Trinajstić information content (AvgIpc) is 3.19. The number of carbonyl (C=O) groups excluding carboxylic acids is 2. The number of hydrogen-bond donors (Lipinski definition) is 2. The summed E-state index contributed by atoms with van der Waals surface area (Å²) in [5.74, 6) is -0.0561. The molecule has 0 radical (unpaired) electrons. The van der Waals surface area contributed by atoms with Gasteiger partial charge in [-0.15, -0.1) is 11.3 Å². The summed E-state index contributed by atoms with van der Waals surface area (Å²) >= 11 is 1.33. The maximum Gasteiger partial charge on any atom is 0.273 e. The van der Waals surface area contributed by atoms with E-state index < -0.39 is 0 Å². The Morgan fingerprint density at radius 2 is 2.25 bits per heavy atom. The van der Waals surface area contributed by atoms with Crippen LogP contribution >= 0.6 is 11.3 Å². The summed E-state index contributed by atoms with van der Waals surface area (Å²) < 4.78 is 5.58. The van der Waals surface area contributed by atoms with E-state index in [0.717, 1.165) is 0 Å². The lowest BCUT2D eigenvalue weighted by Crippen LogP contribution is -2.20. The Labute approximate surface area is 142 Å². The monoisotopic (exact) mass is 342 g/mol. The summed E-state index contributed by atoms with van der Waals surface area (Å²) in [6, 6.07) is 7.17. The van der Waals surface area contributed by atoms with Crippen LogP contribution in [-0.4, -0.2) is 29.1 Å². The predicted octanol–water partition coefficient (Wildman–Crippen LogP) is 2.05. The molecular weight excluding hydrogens is 328 g/mol. The van der Waals surface area contributed by atoms with Gasteiger partial charge in [0.1, 0.15) is 5.75 Å². The number of nitrogens with one attached hydrogen (secondary N) is 2. The molecule has 8 heteroatoms. The average molecular weight is 342 g/mol. The molecule has 2 N–H and O–H groups in total. The van der Waals surface area contributed by atoms with E-state index in [2.05, 4.69) is 20.8 Å². The Balaban J connectivity index is 1.70. The van der Waals surface area contributed by atoms with Crippen LogP contribution in [0.4, 0.5) is 5.13 Å². The molecule has 0 saturated carbocycles. The van der Waals surface area contributed by atoms with Gasteiger partial charge in [-0.1, -0.05) is 18.2 Å². The Morgan fingerprint density at radius 1 is 1.42 bits per heavy atom. The Hall–Kier alpha value is -3.00. The SMILES string of the molecule is CC1=NNC(=O)C1=Cc1ccccc1OCC(=O)Nc1nccs1. The van der Waals surface area contributed by atoms with Crippen molar-refractivity contribution in [2.45, 2.75) is 6.92 Å². The van der Waals surface area contributed by atoms with E-state index in [4.69, 9.17) is 4.74 Å². The van der Waals surface area contributed by atoms with Crippen LogP contribution in [-0.2, 0) is 9.59 Å². The van der Waals surface area contributed by atoms with E-state index >= 15 is 0 Å². The molecule has 0 aliphatic carbocycles. The van der Waals surface area contributed by atoms with Gasteiger partial charge in [-0.3, -0.25) is 14.9 Å². The van der Waals surface area contributed by atoms with Crippen molar-refractivity contribution in [3.8, 4) is 5.75 Å². The zero-order valence-electron chi connectivity index (χ0n) is 12.8. The number of ether oxygens (including phenoxy) is 1.